The second-order valence-electron chi connectivity index (χ2n) is 5.02. The van der Waals surface area contributed by atoms with E-state index in [9.17, 15) is 0 Å². The van der Waals surface area contributed by atoms with Crippen LogP contribution in [0.25, 0.3) is 0 Å². The van der Waals surface area contributed by atoms with E-state index in [0.29, 0.717) is 6.61 Å². The largest absolute Gasteiger partial charge is 0.486 e. The lowest BCUT2D eigenvalue weighted by atomic mass is 10.1. The molecule has 1 aliphatic heterocycles. The molecule has 110 valence electrons. The van der Waals surface area contributed by atoms with Crippen LogP contribution in [0.4, 0.5) is 0 Å². The van der Waals surface area contributed by atoms with E-state index in [-0.39, 0.29) is 6.10 Å². The minimum atomic E-state index is 0.0130. The first-order valence-electron chi connectivity index (χ1n) is 7.15. The molecule has 0 radical (unpaired) electrons. The monoisotopic (exact) mass is 285 g/mol. The van der Waals surface area contributed by atoms with Gasteiger partial charge in [0.15, 0.2) is 5.75 Å². The molecular formula is C17H19NO3. The van der Waals surface area contributed by atoms with Gasteiger partial charge in [-0.3, -0.25) is 0 Å². The standard InChI is InChI=1S/C17H19NO3/c1-18-10-9-16(13-5-3-2-4-6-13)20-15-8-7-14-12-19-21-17(14)11-15/h2-8,11,16,18H,9-10,12H2,1H3. The summed E-state index contributed by atoms with van der Waals surface area (Å²) in [7, 11) is 1.95. The maximum atomic E-state index is 6.15. The molecule has 0 aromatic heterocycles. The van der Waals surface area contributed by atoms with Crippen molar-refractivity contribution in [2.45, 2.75) is 19.1 Å². The fourth-order valence-electron chi connectivity index (χ4n) is 2.36. The first-order chi connectivity index (χ1) is 10.4. The van der Waals surface area contributed by atoms with Crippen molar-refractivity contribution in [3.8, 4) is 11.5 Å². The van der Waals surface area contributed by atoms with Crippen molar-refractivity contribution >= 4 is 0 Å². The molecule has 0 spiro atoms. The van der Waals surface area contributed by atoms with E-state index >= 15 is 0 Å². The van der Waals surface area contributed by atoms with Crippen molar-refractivity contribution in [2.24, 2.45) is 0 Å². The average Bonchev–Trinajstić information content (AvgIpc) is 3.00. The van der Waals surface area contributed by atoms with Gasteiger partial charge in [0.25, 0.3) is 0 Å². The highest BCUT2D eigenvalue weighted by atomic mass is 17.2. The third-order valence-corrected chi connectivity index (χ3v) is 3.51. The van der Waals surface area contributed by atoms with E-state index in [4.69, 9.17) is 14.5 Å². The van der Waals surface area contributed by atoms with Crippen LogP contribution >= 0.6 is 0 Å². The van der Waals surface area contributed by atoms with E-state index in [0.717, 1.165) is 30.0 Å². The van der Waals surface area contributed by atoms with Crippen molar-refractivity contribution in [2.75, 3.05) is 13.6 Å². The molecule has 1 aliphatic rings. The maximum absolute atomic E-state index is 6.15. The lowest BCUT2D eigenvalue weighted by molar-refractivity contribution is -0.194. The van der Waals surface area contributed by atoms with E-state index < -0.39 is 0 Å². The smallest absolute Gasteiger partial charge is 0.174 e. The van der Waals surface area contributed by atoms with Crippen LogP contribution in [0.3, 0.4) is 0 Å². The Hall–Kier alpha value is -2.04. The third kappa shape index (κ3) is 3.35. The van der Waals surface area contributed by atoms with Crippen molar-refractivity contribution in [1.82, 2.24) is 5.32 Å². The highest BCUT2D eigenvalue weighted by Crippen LogP contribution is 2.32. The van der Waals surface area contributed by atoms with Crippen LogP contribution in [0.2, 0.25) is 0 Å². The molecule has 0 saturated heterocycles. The van der Waals surface area contributed by atoms with Crippen molar-refractivity contribution in [3.63, 3.8) is 0 Å². The highest BCUT2D eigenvalue weighted by molar-refractivity contribution is 5.41. The van der Waals surface area contributed by atoms with Gasteiger partial charge in [0, 0.05) is 18.1 Å². The summed E-state index contributed by atoms with van der Waals surface area (Å²) in [4.78, 5) is 10.1. The molecule has 1 atom stereocenters. The number of rotatable bonds is 6. The Morgan fingerprint density at radius 2 is 2.05 bits per heavy atom. The molecule has 0 saturated carbocycles. The van der Waals surface area contributed by atoms with Crippen LogP contribution in [0.1, 0.15) is 23.7 Å². The van der Waals surface area contributed by atoms with Crippen molar-refractivity contribution < 1.29 is 14.5 Å². The topological polar surface area (TPSA) is 39.7 Å². The molecule has 1 N–H and O–H groups in total. The SMILES string of the molecule is CNCCC(Oc1ccc2c(c1)OOC2)c1ccccc1. The Morgan fingerprint density at radius 3 is 2.86 bits per heavy atom. The second-order valence-corrected chi connectivity index (χ2v) is 5.02. The molecule has 2 aromatic carbocycles. The van der Waals surface area contributed by atoms with Gasteiger partial charge in [-0.15, -0.1) is 0 Å². The Labute approximate surface area is 124 Å². The van der Waals surface area contributed by atoms with Gasteiger partial charge in [0.1, 0.15) is 18.5 Å². The fraction of sp³-hybridized carbons (Fsp3) is 0.294. The zero-order valence-corrected chi connectivity index (χ0v) is 12.0. The molecule has 0 bridgehead atoms. The molecule has 3 rings (SSSR count). The predicted molar refractivity (Wildman–Crippen MR) is 80.2 cm³/mol. The Kier molecular flexibility index (Phi) is 4.38. The number of benzene rings is 2. The number of fused-ring (bicyclic) bond motifs is 1. The van der Waals surface area contributed by atoms with Crippen LogP contribution in [-0.4, -0.2) is 13.6 Å². The van der Waals surface area contributed by atoms with Gasteiger partial charge < -0.3 is 14.9 Å². The van der Waals surface area contributed by atoms with E-state index in [1.54, 1.807) is 0 Å². The van der Waals surface area contributed by atoms with E-state index in [2.05, 4.69) is 17.4 Å². The second kappa shape index (κ2) is 6.61. The molecule has 1 unspecified atom stereocenters. The Bertz CT molecular complexity index is 586. The maximum Gasteiger partial charge on any atom is 0.174 e. The van der Waals surface area contributed by atoms with Crippen LogP contribution in [-0.2, 0) is 11.5 Å². The zero-order chi connectivity index (χ0) is 14.5. The van der Waals surface area contributed by atoms with E-state index in [1.165, 1.54) is 5.56 Å². The summed E-state index contributed by atoms with van der Waals surface area (Å²) in [5.74, 6) is 1.54. The lowest BCUT2D eigenvalue weighted by Gasteiger charge is -2.19. The summed E-state index contributed by atoms with van der Waals surface area (Å²) in [5, 5.41) is 3.17. The van der Waals surface area contributed by atoms with Gasteiger partial charge in [0.2, 0.25) is 0 Å². The number of hydrogen-bond donors (Lipinski definition) is 1. The zero-order valence-electron chi connectivity index (χ0n) is 12.0. The van der Waals surface area contributed by atoms with Gasteiger partial charge in [-0.2, -0.15) is 4.89 Å². The van der Waals surface area contributed by atoms with Crippen LogP contribution in [0.5, 0.6) is 11.5 Å². The van der Waals surface area contributed by atoms with Crippen LogP contribution in [0, 0.1) is 0 Å². The predicted octanol–water partition coefficient (Wildman–Crippen LogP) is 3.24. The van der Waals surface area contributed by atoms with E-state index in [1.807, 2.05) is 43.4 Å². The molecule has 0 fully saturated rings. The van der Waals surface area contributed by atoms with Crippen molar-refractivity contribution in [3.05, 3.63) is 59.7 Å². The Balaban J connectivity index is 1.77. The normalized spacial score (nSPS) is 14.3. The molecule has 0 amide bonds. The molecule has 2 aromatic rings. The number of hydrogen-bond acceptors (Lipinski definition) is 4. The molecule has 0 aliphatic carbocycles. The van der Waals surface area contributed by atoms with Gasteiger partial charge >= 0.3 is 0 Å². The molecule has 1 heterocycles. The van der Waals surface area contributed by atoms with Gasteiger partial charge in [-0.25, -0.2) is 0 Å². The summed E-state index contributed by atoms with van der Waals surface area (Å²) in [6.07, 6.45) is 0.911. The number of nitrogens with one attached hydrogen (secondary N) is 1. The van der Waals surface area contributed by atoms with Gasteiger partial charge in [-0.05, 0) is 31.3 Å². The summed E-state index contributed by atoms with van der Waals surface area (Å²) in [6, 6.07) is 16.1. The summed E-state index contributed by atoms with van der Waals surface area (Å²) in [5.41, 5.74) is 2.22. The summed E-state index contributed by atoms with van der Waals surface area (Å²) < 4.78 is 6.15. The Morgan fingerprint density at radius 1 is 1.19 bits per heavy atom. The summed E-state index contributed by atoms with van der Waals surface area (Å²) >= 11 is 0. The molecular weight excluding hydrogens is 266 g/mol. The fourth-order valence-corrected chi connectivity index (χ4v) is 2.36. The summed E-state index contributed by atoms with van der Waals surface area (Å²) in [6.45, 7) is 1.39. The first kappa shape index (κ1) is 13.9. The average molecular weight is 285 g/mol. The van der Waals surface area contributed by atoms with Crippen LogP contribution in [0.15, 0.2) is 48.5 Å². The lowest BCUT2D eigenvalue weighted by Crippen LogP contribution is -2.16. The highest BCUT2D eigenvalue weighted by Gasteiger charge is 2.17. The minimum Gasteiger partial charge on any atom is -0.486 e. The third-order valence-electron chi connectivity index (χ3n) is 3.51. The van der Waals surface area contributed by atoms with Gasteiger partial charge in [-0.1, -0.05) is 30.3 Å². The first-order valence-corrected chi connectivity index (χ1v) is 7.15. The number of ether oxygens (including phenoxy) is 1. The molecule has 4 nitrogen and oxygen atoms in total. The van der Waals surface area contributed by atoms with Crippen LogP contribution < -0.4 is 14.9 Å². The van der Waals surface area contributed by atoms with Crippen molar-refractivity contribution in [1.29, 1.82) is 0 Å². The quantitative estimate of drug-likeness (QED) is 0.827. The molecule has 4 heteroatoms. The van der Waals surface area contributed by atoms with Gasteiger partial charge in [0.05, 0.1) is 0 Å². The molecule has 21 heavy (non-hydrogen) atoms. The minimum absolute atomic E-state index is 0.0130.